The summed E-state index contributed by atoms with van der Waals surface area (Å²) in [5, 5.41) is -0.488. The van der Waals surface area contributed by atoms with Crippen molar-refractivity contribution >= 4 is 32.8 Å². The van der Waals surface area contributed by atoms with Crippen LogP contribution in [0.4, 0.5) is 0 Å². The molecule has 0 aromatic carbocycles. The zero-order valence-electron chi connectivity index (χ0n) is 5.77. The highest BCUT2D eigenvalue weighted by molar-refractivity contribution is 9.10. The summed E-state index contributed by atoms with van der Waals surface area (Å²) in [6.45, 7) is 1.84. The van der Waals surface area contributed by atoms with Gasteiger partial charge in [0.1, 0.15) is 0 Å². The van der Waals surface area contributed by atoms with Crippen LogP contribution in [0.15, 0.2) is 16.7 Å². The molecule has 1 rings (SSSR count). The largest absolute Gasteiger partial charge is 0.276 e. The molecule has 2 nitrogen and oxygen atoms in total. The van der Waals surface area contributed by atoms with E-state index in [4.69, 9.17) is 11.6 Å². The number of hydrogen-bond donors (Lipinski definition) is 0. The molecule has 0 amide bonds. The zero-order chi connectivity index (χ0) is 8.43. The van der Waals surface area contributed by atoms with Gasteiger partial charge in [-0.25, -0.2) is 0 Å². The second-order valence-corrected chi connectivity index (χ2v) is 3.26. The summed E-state index contributed by atoms with van der Waals surface area (Å²) in [7, 11) is 0. The Morgan fingerprint density at radius 2 is 2.36 bits per heavy atom. The van der Waals surface area contributed by atoms with Gasteiger partial charge in [-0.3, -0.25) is 9.78 Å². The van der Waals surface area contributed by atoms with E-state index < -0.39 is 5.24 Å². The minimum absolute atomic E-state index is 0.407. The lowest BCUT2D eigenvalue weighted by molar-refractivity contribution is 0.108. The molecule has 0 radical (unpaired) electrons. The van der Waals surface area contributed by atoms with Gasteiger partial charge in [-0.15, -0.1) is 0 Å². The minimum Gasteiger partial charge on any atom is -0.276 e. The number of aryl methyl sites for hydroxylation is 1. The number of hydrogen-bond acceptors (Lipinski definition) is 2. The first-order valence-electron chi connectivity index (χ1n) is 2.93. The van der Waals surface area contributed by atoms with Gasteiger partial charge >= 0.3 is 0 Å². The summed E-state index contributed by atoms with van der Waals surface area (Å²) < 4.78 is 0.795. The number of pyridine rings is 1. The van der Waals surface area contributed by atoms with Crippen molar-refractivity contribution in [3.8, 4) is 0 Å². The summed E-state index contributed by atoms with van der Waals surface area (Å²) in [5.41, 5.74) is 1.25. The first-order valence-corrected chi connectivity index (χ1v) is 4.10. The van der Waals surface area contributed by atoms with Crippen molar-refractivity contribution in [3.63, 3.8) is 0 Å². The first-order chi connectivity index (χ1) is 5.11. The fourth-order valence-corrected chi connectivity index (χ4v) is 1.07. The van der Waals surface area contributed by atoms with E-state index in [1.165, 1.54) is 6.20 Å². The van der Waals surface area contributed by atoms with Gasteiger partial charge in [0.15, 0.2) is 0 Å². The molecule has 0 unspecified atom stereocenters. The van der Waals surface area contributed by atoms with Crippen molar-refractivity contribution in [2.45, 2.75) is 6.92 Å². The van der Waals surface area contributed by atoms with Crippen molar-refractivity contribution in [2.75, 3.05) is 0 Å². The average molecular weight is 234 g/mol. The highest BCUT2D eigenvalue weighted by Gasteiger charge is 2.03. The third-order valence-corrected chi connectivity index (χ3v) is 2.27. The van der Waals surface area contributed by atoms with Gasteiger partial charge in [0.2, 0.25) is 0 Å². The van der Waals surface area contributed by atoms with Gasteiger partial charge in [0.25, 0.3) is 5.24 Å². The van der Waals surface area contributed by atoms with Crippen LogP contribution >= 0.6 is 27.5 Å². The predicted molar refractivity (Wildman–Crippen MR) is 46.9 cm³/mol. The van der Waals surface area contributed by atoms with Crippen molar-refractivity contribution < 1.29 is 4.79 Å². The van der Waals surface area contributed by atoms with E-state index in [9.17, 15) is 4.79 Å². The van der Waals surface area contributed by atoms with Crippen LogP contribution in [0.3, 0.4) is 0 Å². The maximum atomic E-state index is 10.6. The average Bonchev–Trinajstić information content (AvgIpc) is 1.94. The Balaban J connectivity index is 3.15. The molecule has 4 heteroatoms. The maximum absolute atomic E-state index is 10.6. The topological polar surface area (TPSA) is 30.0 Å². The molecule has 1 aromatic rings. The molecule has 0 aliphatic carbocycles. The monoisotopic (exact) mass is 233 g/mol. The molecule has 0 aliphatic heterocycles. The second-order valence-electron chi connectivity index (χ2n) is 2.06. The van der Waals surface area contributed by atoms with Crippen LogP contribution in [-0.2, 0) is 0 Å². The van der Waals surface area contributed by atoms with E-state index in [0.717, 1.165) is 10.2 Å². The maximum Gasteiger partial charge on any atom is 0.253 e. The molecule has 0 spiro atoms. The van der Waals surface area contributed by atoms with Crippen LogP contribution in [0.2, 0.25) is 0 Å². The molecule has 0 atom stereocenters. The van der Waals surface area contributed by atoms with Crippen LogP contribution < -0.4 is 0 Å². The Bertz CT molecular complexity index is 300. The Kier molecular flexibility index (Phi) is 2.62. The van der Waals surface area contributed by atoms with Crippen LogP contribution in [-0.4, -0.2) is 10.2 Å². The van der Waals surface area contributed by atoms with Crippen molar-refractivity contribution in [3.05, 3.63) is 28.0 Å². The Hall–Kier alpha value is -0.410. The molecular weight excluding hydrogens is 229 g/mol. The fraction of sp³-hybridized carbons (Fsp3) is 0.143. The fourth-order valence-electron chi connectivity index (χ4n) is 0.614. The molecule has 58 valence electrons. The number of nitrogens with zero attached hydrogens (tertiary/aromatic N) is 1. The summed E-state index contributed by atoms with van der Waals surface area (Å²) in [6.07, 6.45) is 1.45. The molecule has 0 saturated heterocycles. The number of rotatable bonds is 1. The molecular formula is C7H5BrClNO. The lowest BCUT2D eigenvalue weighted by Gasteiger charge is -1.97. The Labute approximate surface area is 77.7 Å². The number of carbonyl (C=O) groups is 1. The van der Waals surface area contributed by atoms with Gasteiger partial charge in [-0.05, 0) is 40.5 Å². The van der Waals surface area contributed by atoms with Gasteiger partial charge in [-0.1, -0.05) is 0 Å². The quantitative estimate of drug-likeness (QED) is 0.699. The molecule has 1 heterocycles. The molecule has 1 aromatic heterocycles. The van der Waals surface area contributed by atoms with Crippen molar-refractivity contribution in [2.24, 2.45) is 0 Å². The predicted octanol–water partition coefficient (Wildman–Crippen LogP) is 2.53. The van der Waals surface area contributed by atoms with Crippen LogP contribution in [0, 0.1) is 6.92 Å². The van der Waals surface area contributed by atoms with Gasteiger partial charge < -0.3 is 0 Å². The van der Waals surface area contributed by atoms with E-state index in [1.54, 1.807) is 6.07 Å². The van der Waals surface area contributed by atoms with Crippen LogP contribution in [0.1, 0.15) is 16.1 Å². The summed E-state index contributed by atoms with van der Waals surface area (Å²) in [6, 6.07) is 1.65. The highest BCUT2D eigenvalue weighted by atomic mass is 79.9. The first kappa shape index (κ1) is 8.68. The third kappa shape index (κ3) is 2.01. The minimum atomic E-state index is -0.488. The molecule has 0 N–H and O–H groups in total. The zero-order valence-corrected chi connectivity index (χ0v) is 8.11. The summed E-state index contributed by atoms with van der Waals surface area (Å²) in [4.78, 5) is 14.6. The number of halogens is 2. The smallest absolute Gasteiger partial charge is 0.253 e. The number of aromatic nitrogens is 1. The standard InChI is InChI=1S/C7H5BrClNO/c1-4-6(8)2-5(3-10-4)7(9)11/h2-3H,1H3. The normalized spacial score (nSPS) is 9.73. The SMILES string of the molecule is Cc1ncc(C(=O)Cl)cc1Br. The molecule has 11 heavy (non-hydrogen) atoms. The van der Waals surface area contributed by atoms with Crippen LogP contribution in [0.25, 0.3) is 0 Å². The molecule has 0 fully saturated rings. The van der Waals surface area contributed by atoms with E-state index in [1.807, 2.05) is 6.92 Å². The Morgan fingerprint density at radius 3 is 2.82 bits per heavy atom. The van der Waals surface area contributed by atoms with Crippen molar-refractivity contribution in [1.29, 1.82) is 0 Å². The second kappa shape index (κ2) is 3.32. The Morgan fingerprint density at radius 1 is 1.73 bits per heavy atom. The summed E-state index contributed by atoms with van der Waals surface area (Å²) in [5.74, 6) is 0. The third-order valence-electron chi connectivity index (χ3n) is 1.25. The van der Waals surface area contributed by atoms with Gasteiger partial charge in [-0.2, -0.15) is 0 Å². The van der Waals surface area contributed by atoms with E-state index >= 15 is 0 Å². The lowest BCUT2D eigenvalue weighted by atomic mass is 10.3. The lowest BCUT2D eigenvalue weighted by Crippen LogP contribution is -1.92. The summed E-state index contributed by atoms with van der Waals surface area (Å²) >= 11 is 8.47. The van der Waals surface area contributed by atoms with Crippen LogP contribution in [0.5, 0.6) is 0 Å². The van der Waals surface area contributed by atoms with E-state index in [0.29, 0.717) is 5.56 Å². The van der Waals surface area contributed by atoms with E-state index in [-0.39, 0.29) is 0 Å². The van der Waals surface area contributed by atoms with Gasteiger partial charge in [0, 0.05) is 10.7 Å². The molecule has 0 saturated carbocycles. The highest BCUT2D eigenvalue weighted by Crippen LogP contribution is 2.15. The number of carbonyl (C=O) groups excluding carboxylic acids is 1. The van der Waals surface area contributed by atoms with Gasteiger partial charge in [0.05, 0.1) is 11.3 Å². The molecule has 0 bridgehead atoms. The van der Waals surface area contributed by atoms with Crippen molar-refractivity contribution in [1.82, 2.24) is 4.98 Å². The van der Waals surface area contributed by atoms with E-state index in [2.05, 4.69) is 20.9 Å². The molecule has 0 aliphatic rings.